The molecule has 112 valence electrons. The zero-order valence-electron chi connectivity index (χ0n) is 11.2. The van der Waals surface area contributed by atoms with Gasteiger partial charge in [0.25, 0.3) is 0 Å². The van der Waals surface area contributed by atoms with E-state index in [9.17, 15) is 19.5 Å². The molecule has 21 heavy (non-hydrogen) atoms. The van der Waals surface area contributed by atoms with Crippen LogP contribution in [-0.2, 0) is 4.79 Å². The Labute approximate surface area is 120 Å². The van der Waals surface area contributed by atoms with Gasteiger partial charge in [0.15, 0.2) is 0 Å². The van der Waals surface area contributed by atoms with Crippen LogP contribution in [0.15, 0.2) is 24.3 Å². The van der Waals surface area contributed by atoms with E-state index in [0.717, 1.165) is 0 Å². The fourth-order valence-electron chi connectivity index (χ4n) is 2.26. The lowest BCUT2D eigenvalue weighted by Gasteiger charge is -2.18. The van der Waals surface area contributed by atoms with E-state index in [1.165, 1.54) is 4.90 Å². The summed E-state index contributed by atoms with van der Waals surface area (Å²) < 4.78 is 0. The van der Waals surface area contributed by atoms with Crippen LogP contribution in [0, 0.1) is 0 Å². The quantitative estimate of drug-likeness (QED) is 0.585. The van der Waals surface area contributed by atoms with Gasteiger partial charge in [0, 0.05) is 25.3 Å². The molecule has 1 atom stereocenters. The van der Waals surface area contributed by atoms with Gasteiger partial charge in [0.05, 0.1) is 0 Å². The maximum absolute atomic E-state index is 12.1. The first-order valence-electron chi connectivity index (χ1n) is 6.41. The average Bonchev–Trinajstić information content (AvgIpc) is 2.83. The Morgan fingerprint density at radius 2 is 1.90 bits per heavy atom. The molecular formula is C13H16N4O4. The third-order valence-electron chi connectivity index (χ3n) is 3.21. The lowest BCUT2D eigenvalue weighted by molar-refractivity contribution is -0.138. The maximum atomic E-state index is 12.1. The number of carbonyl (C=O) groups excluding carboxylic acids is 2. The molecule has 2 rings (SSSR count). The van der Waals surface area contributed by atoms with Gasteiger partial charge in [0.1, 0.15) is 5.92 Å². The number of para-hydroxylation sites is 1. The number of carboxylic acids is 1. The Morgan fingerprint density at radius 3 is 2.57 bits per heavy atom. The Kier molecular flexibility index (Phi) is 4.27. The van der Waals surface area contributed by atoms with Gasteiger partial charge in [-0.1, -0.05) is 18.2 Å². The molecule has 0 saturated heterocycles. The molecule has 5 N–H and O–H groups in total. The lowest BCUT2D eigenvalue weighted by Crippen LogP contribution is -2.43. The van der Waals surface area contributed by atoms with Crippen LogP contribution in [0.2, 0.25) is 0 Å². The van der Waals surface area contributed by atoms with E-state index in [1.54, 1.807) is 24.3 Å². The highest BCUT2D eigenvalue weighted by molar-refractivity contribution is 5.98. The number of urea groups is 2. The van der Waals surface area contributed by atoms with Crippen molar-refractivity contribution < 1.29 is 19.5 Å². The minimum Gasteiger partial charge on any atom is -0.481 e. The van der Waals surface area contributed by atoms with E-state index >= 15 is 0 Å². The fraction of sp³-hybridized carbons (Fsp3) is 0.308. The topological polar surface area (TPSA) is 125 Å². The molecule has 0 radical (unpaired) electrons. The van der Waals surface area contributed by atoms with Crippen LogP contribution in [0.1, 0.15) is 11.5 Å². The number of benzene rings is 1. The number of aliphatic carboxylic acids is 1. The molecule has 0 aliphatic carbocycles. The van der Waals surface area contributed by atoms with E-state index in [2.05, 4.69) is 10.6 Å². The summed E-state index contributed by atoms with van der Waals surface area (Å²) >= 11 is 0. The number of rotatable bonds is 4. The molecule has 1 heterocycles. The summed E-state index contributed by atoms with van der Waals surface area (Å²) in [5.74, 6) is -1.69. The molecule has 8 heteroatoms. The second-order valence-corrected chi connectivity index (χ2v) is 4.58. The molecule has 0 bridgehead atoms. The zero-order valence-corrected chi connectivity index (χ0v) is 11.2. The van der Waals surface area contributed by atoms with Gasteiger partial charge < -0.3 is 21.5 Å². The van der Waals surface area contributed by atoms with Crippen molar-refractivity contribution in [3.63, 3.8) is 0 Å². The van der Waals surface area contributed by atoms with Crippen molar-refractivity contribution >= 4 is 23.7 Å². The molecule has 1 aliphatic heterocycles. The summed E-state index contributed by atoms with van der Waals surface area (Å²) in [7, 11) is 0. The number of carboxylic acid groups (broad SMARTS) is 1. The zero-order chi connectivity index (χ0) is 15.4. The molecule has 0 fully saturated rings. The summed E-state index contributed by atoms with van der Waals surface area (Å²) in [5.41, 5.74) is 6.12. The molecule has 0 aromatic heterocycles. The lowest BCUT2D eigenvalue weighted by atomic mass is 10.0. The van der Waals surface area contributed by atoms with Crippen LogP contribution in [-0.4, -0.2) is 42.8 Å². The largest absolute Gasteiger partial charge is 0.481 e. The number of amides is 4. The first kappa shape index (κ1) is 14.6. The van der Waals surface area contributed by atoms with Crippen LogP contribution >= 0.6 is 0 Å². The maximum Gasteiger partial charge on any atom is 0.321 e. The minimum atomic E-state index is -0.965. The van der Waals surface area contributed by atoms with Gasteiger partial charge >= 0.3 is 18.0 Å². The van der Waals surface area contributed by atoms with Crippen molar-refractivity contribution in [2.24, 2.45) is 5.73 Å². The normalized spacial score (nSPS) is 16.2. The van der Waals surface area contributed by atoms with E-state index in [0.29, 0.717) is 11.3 Å². The number of nitrogens with two attached hydrogens (primary N) is 1. The van der Waals surface area contributed by atoms with Crippen molar-refractivity contribution in [1.29, 1.82) is 0 Å². The molecule has 1 unspecified atom stereocenters. The Balaban J connectivity index is 2.02. The SMILES string of the molecule is NC(=O)NCCNC(=O)N1CC(C(=O)O)c2ccccc21. The first-order chi connectivity index (χ1) is 10.0. The van der Waals surface area contributed by atoms with Crippen LogP contribution in [0.5, 0.6) is 0 Å². The monoisotopic (exact) mass is 292 g/mol. The molecule has 1 aromatic carbocycles. The molecule has 1 aliphatic rings. The Hall–Kier alpha value is -2.77. The molecule has 8 nitrogen and oxygen atoms in total. The second kappa shape index (κ2) is 6.12. The number of anilines is 1. The molecule has 0 saturated carbocycles. The van der Waals surface area contributed by atoms with Crippen molar-refractivity contribution in [1.82, 2.24) is 10.6 Å². The van der Waals surface area contributed by atoms with Crippen molar-refractivity contribution in [2.75, 3.05) is 24.5 Å². The predicted molar refractivity (Wildman–Crippen MR) is 75.1 cm³/mol. The van der Waals surface area contributed by atoms with Gasteiger partial charge in [-0.2, -0.15) is 0 Å². The van der Waals surface area contributed by atoms with E-state index in [1.807, 2.05) is 0 Å². The van der Waals surface area contributed by atoms with Gasteiger partial charge in [-0.05, 0) is 11.6 Å². The molecular weight excluding hydrogens is 276 g/mol. The number of hydrogen-bond acceptors (Lipinski definition) is 3. The molecule has 0 spiro atoms. The number of primary amides is 1. The van der Waals surface area contributed by atoms with Gasteiger partial charge in [-0.15, -0.1) is 0 Å². The fourth-order valence-corrected chi connectivity index (χ4v) is 2.26. The Bertz CT molecular complexity index is 575. The number of hydrogen-bond donors (Lipinski definition) is 4. The molecule has 4 amide bonds. The standard InChI is InChI=1S/C13H16N4O4/c14-12(20)15-5-6-16-13(21)17-7-9(11(18)19)8-3-1-2-4-10(8)17/h1-4,9H,5-7H2,(H,16,21)(H,18,19)(H3,14,15,20). The summed E-state index contributed by atoms with van der Waals surface area (Å²) in [6.45, 7) is 0.501. The molecule has 1 aromatic rings. The van der Waals surface area contributed by atoms with E-state index in [4.69, 9.17) is 5.73 Å². The number of nitrogens with one attached hydrogen (secondary N) is 2. The Morgan fingerprint density at radius 1 is 1.24 bits per heavy atom. The summed E-state index contributed by atoms with van der Waals surface area (Å²) in [5, 5.41) is 14.2. The van der Waals surface area contributed by atoms with Crippen LogP contribution in [0.25, 0.3) is 0 Å². The minimum absolute atomic E-state index is 0.0871. The highest BCUT2D eigenvalue weighted by Crippen LogP contribution is 2.36. The van der Waals surface area contributed by atoms with Crippen LogP contribution in [0.3, 0.4) is 0 Å². The van der Waals surface area contributed by atoms with Crippen LogP contribution in [0.4, 0.5) is 15.3 Å². The number of fused-ring (bicyclic) bond motifs is 1. The van der Waals surface area contributed by atoms with Crippen molar-refractivity contribution in [3.8, 4) is 0 Å². The number of carbonyl (C=O) groups is 3. The van der Waals surface area contributed by atoms with Crippen LogP contribution < -0.4 is 21.3 Å². The third-order valence-corrected chi connectivity index (χ3v) is 3.21. The van der Waals surface area contributed by atoms with Gasteiger partial charge in [-0.25, -0.2) is 9.59 Å². The number of nitrogens with zero attached hydrogens (tertiary/aromatic N) is 1. The van der Waals surface area contributed by atoms with Gasteiger partial charge in [0.2, 0.25) is 0 Å². The first-order valence-corrected chi connectivity index (χ1v) is 6.41. The average molecular weight is 292 g/mol. The highest BCUT2D eigenvalue weighted by Gasteiger charge is 2.36. The summed E-state index contributed by atoms with van der Waals surface area (Å²) in [6, 6.07) is 5.83. The van der Waals surface area contributed by atoms with Crippen molar-refractivity contribution in [3.05, 3.63) is 29.8 Å². The second-order valence-electron chi connectivity index (χ2n) is 4.58. The van der Waals surface area contributed by atoms with E-state index in [-0.39, 0.29) is 19.6 Å². The van der Waals surface area contributed by atoms with Crippen molar-refractivity contribution in [2.45, 2.75) is 5.92 Å². The van der Waals surface area contributed by atoms with Gasteiger partial charge in [-0.3, -0.25) is 9.69 Å². The predicted octanol–water partition coefficient (Wildman–Crippen LogP) is 0.0527. The third kappa shape index (κ3) is 3.22. The summed E-state index contributed by atoms with van der Waals surface area (Å²) in [6.07, 6.45) is 0. The summed E-state index contributed by atoms with van der Waals surface area (Å²) in [4.78, 5) is 35.2. The smallest absolute Gasteiger partial charge is 0.321 e. The van der Waals surface area contributed by atoms with E-state index < -0.39 is 23.9 Å². The highest BCUT2D eigenvalue weighted by atomic mass is 16.4.